The summed E-state index contributed by atoms with van der Waals surface area (Å²) in [6.07, 6.45) is 0. The van der Waals surface area contributed by atoms with E-state index >= 15 is 0 Å². The average Bonchev–Trinajstić information content (AvgIpc) is 2.61. The van der Waals surface area contributed by atoms with Crippen molar-refractivity contribution in [1.29, 1.82) is 0 Å². The van der Waals surface area contributed by atoms with Gasteiger partial charge in [0.15, 0.2) is 0 Å². The van der Waals surface area contributed by atoms with E-state index in [0.29, 0.717) is 6.54 Å². The van der Waals surface area contributed by atoms with E-state index in [1.54, 1.807) is 0 Å². The molecule has 0 unspecified atom stereocenters. The number of hydrogen-bond donors (Lipinski definition) is 0. The monoisotopic (exact) mass is 318 g/mol. The van der Waals surface area contributed by atoms with E-state index in [1.165, 1.54) is 0 Å². The molecule has 0 amide bonds. The Morgan fingerprint density at radius 1 is 1.43 bits per heavy atom. The van der Waals surface area contributed by atoms with E-state index in [4.69, 9.17) is 4.42 Å². The van der Waals surface area contributed by atoms with E-state index in [-0.39, 0.29) is 0 Å². The summed E-state index contributed by atoms with van der Waals surface area (Å²) in [4.78, 5) is 0. The van der Waals surface area contributed by atoms with E-state index in [9.17, 15) is 0 Å². The minimum absolute atomic E-state index is 0.639. The summed E-state index contributed by atoms with van der Waals surface area (Å²) in [6, 6.07) is 5.80. The molecule has 0 aliphatic carbocycles. The van der Waals surface area contributed by atoms with Crippen LogP contribution in [0.1, 0.15) is 11.5 Å². The lowest BCUT2D eigenvalue weighted by atomic mass is 10.4. The number of aromatic nitrogens is 2. The van der Waals surface area contributed by atoms with Crippen molar-refractivity contribution in [2.24, 2.45) is 0 Å². The maximum atomic E-state index is 5.45. The molecule has 2 aromatic rings. The average molecular weight is 320 g/mol. The molecule has 0 aromatic carbocycles. The van der Waals surface area contributed by atoms with Gasteiger partial charge in [0.05, 0.1) is 0 Å². The fourth-order valence-electron chi connectivity index (χ4n) is 1.19. The fourth-order valence-corrected chi connectivity index (χ4v) is 2.33. The Morgan fingerprint density at radius 3 is 2.71 bits per heavy atom. The van der Waals surface area contributed by atoms with Crippen LogP contribution in [0.2, 0.25) is 0 Å². The quantitative estimate of drug-likeness (QED) is 0.850. The Hall–Kier alpha value is -0.550. The highest BCUT2D eigenvalue weighted by Crippen LogP contribution is 2.18. The molecule has 2 rings (SSSR count). The highest BCUT2D eigenvalue weighted by Gasteiger charge is 2.05. The van der Waals surface area contributed by atoms with Gasteiger partial charge in [-0.15, -0.1) is 0 Å². The Morgan fingerprint density at radius 2 is 2.21 bits per heavy atom. The van der Waals surface area contributed by atoms with E-state index in [2.05, 4.69) is 37.0 Å². The molecule has 0 saturated heterocycles. The van der Waals surface area contributed by atoms with Gasteiger partial charge < -0.3 is 4.42 Å². The van der Waals surface area contributed by atoms with Gasteiger partial charge in [0.1, 0.15) is 27.3 Å². The lowest BCUT2D eigenvalue weighted by molar-refractivity contribution is 0.456. The van der Waals surface area contributed by atoms with Crippen molar-refractivity contribution >= 4 is 31.9 Å². The van der Waals surface area contributed by atoms with Gasteiger partial charge in [0.2, 0.25) is 0 Å². The maximum Gasteiger partial charge on any atom is 0.129 e. The van der Waals surface area contributed by atoms with Crippen molar-refractivity contribution < 1.29 is 4.42 Å². The van der Waals surface area contributed by atoms with Crippen LogP contribution in [0.3, 0.4) is 0 Å². The zero-order valence-corrected chi connectivity index (χ0v) is 10.7. The highest BCUT2D eigenvalue weighted by molar-refractivity contribution is 9.11. The lowest BCUT2D eigenvalue weighted by Gasteiger charge is -1.99. The van der Waals surface area contributed by atoms with Crippen LogP contribution >= 0.6 is 31.9 Å². The van der Waals surface area contributed by atoms with Gasteiger partial charge in [0, 0.05) is 6.07 Å². The van der Waals surface area contributed by atoms with E-state index in [0.717, 1.165) is 20.7 Å². The first kappa shape index (κ1) is 9.98. The number of aryl methyl sites for hydroxylation is 1. The summed E-state index contributed by atoms with van der Waals surface area (Å²) in [5.41, 5.74) is 0. The number of hydrogen-bond acceptors (Lipinski definition) is 2. The molecule has 2 heterocycles. The third kappa shape index (κ3) is 2.09. The summed E-state index contributed by atoms with van der Waals surface area (Å²) in [5.74, 6) is 1.82. The van der Waals surface area contributed by atoms with Crippen LogP contribution in [0.4, 0.5) is 0 Å². The maximum absolute atomic E-state index is 5.45. The Bertz CT molecular complexity index is 447. The van der Waals surface area contributed by atoms with Crippen molar-refractivity contribution in [3.63, 3.8) is 0 Å². The second-order valence-corrected chi connectivity index (χ2v) is 4.58. The first-order valence-corrected chi connectivity index (χ1v) is 5.68. The van der Waals surface area contributed by atoms with E-state index < -0.39 is 0 Å². The van der Waals surface area contributed by atoms with E-state index in [1.807, 2.05) is 29.8 Å². The molecule has 5 heteroatoms. The number of rotatable bonds is 2. The molecule has 3 nitrogen and oxygen atoms in total. The molecule has 0 atom stereocenters. The van der Waals surface area contributed by atoms with Crippen LogP contribution in [0, 0.1) is 6.92 Å². The SMILES string of the molecule is Cc1ccc(Cn2nc(Br)cc2Br)o1. The molecule has 14 heavy (non-hydrogen) atoms. The standard InChI is InChI=1S/C9H8Br2N2O/c1-6-2-3-7(14-6)5-13-9(11)4-8(10)12-13/h2-4H,5H2,1H3. The second kappa shape index (κ2) is 3.90. The Balaban J connectivity index is 2.22. The Labute approximate surface area is 98.4 Å². The lowest BCUT2D eigenvalue weighted by Crippen LogP contribution is -2.00. The summed E-state index contributed by atoms with van der Waals surface area (Å²) >= 11 is 6.72. The molecule has 0 saturated carbocycles. The van der Waals surface area contributed by atoms with Crippen molar-refractivity contribution in [2.45, 2.75) is 13.5 Å². The molecule has 74 valence electrons. The number of halogens is 2. The molecule has 0 N–H and O–H groups in total. The third-order valence-corrected chi connectivity index (χ3v) is 2.83. The normalized spacial score (nSPS) is 10.8. The molecule has 2 aromatic heterocycles. The van der Waals surface area contributed by atoms with Crippen molar-refractivity contribution in [2.75, 3.05) is 0 Å². The van der Waals surface area contributed by atoms with Crippen molar-refractivity contribution in [3.8, 4) is 0 Å². The zero-order valence-electron chi connectivity index (χ0n) is 7.50. The Kier molecular flexibility index (Phi) is 2.78. The molecule has 0 radical (unpaired) electrons. The van der Waals surface area contributed by atoms with Crippen molar-refractivity contribution in [1.82, 2.24) is 9.78 Å². The predicted octanol–water partition coefficient (Wildman–Crippen LogP) is 3.36. The van der Waals surface area contributed by atoms with Gasteiger partial charge in [-0.3, -0.25) is 0 Å². The van der Waals surface area contributed by atoms with Gasteiger partial charge in [-0.1, -0.05) is 0 Å². The fraction of sp³-hybridized carbons (Fsp3) is 0.222. The summed E-state index contributed by atoms with van der Waals surface area (Å²) in [6.45, 7) is 2.57. The van der Waals surface area contributed by atoms with Gasteiger partial charge in [-0.25, -0.2) is 4.68 Å². The van der Waals surface area contributed by atoms with Crippen molar-refractivity contribution in [3.05, 3.63) is 38.9 Å². The smallest absolute Gasteiger partial charge is 0.129 e. The van der Waals surface area contributed by atoms with Crippen LogP contribution in [0.25, 0.3) is 0 Å². The highest BCUT2D eigenvalue weighted by atomic mass is 79.9. The summed E-state index contributed by atoms with van der Waals surface area (Å²) in [7, 11) is 0. The van der Waals surface area contributed by atoms with Crippen LogP contribution in [0.15, 0.2) is 31.8 Å². The van der Waals surface area contributed by atoms with Gasteiger partial charge in [-0.05, 0) is 50.9 Å². The minimum Gasteiger partial charge on any atom is -0.464 e. The molecule has 0 bridgehead atoms. The molecule has 0 aliphatic rings. The van der Waals surface area contributed by atoms with Gasteiger partial charge in [0.25, 0.3) is 0 Å². The molecule has 0 spiro atoms. The third-order valence-electron chi connectivity index (χ3n) is 1.80. The molecular formula is C9H8Br2N2O. The van der Waals surface area contributed by atoms with Crippen LogP contribution < -0.4 is 0 Å². The first-order valence-electron chi connectivity index (χ1n) is 4.09. The first-order chi connectivity index (χ1) is 6.65. The molecule has 0 fully saturated rings. The summed E-state index contributed by atoms with van der Waals surface area (Å²) in [5, 5.41) is 4.24. The summed E-state index contributed by atoms with van der Waals surface area (Å²) < 4.78 is 9.02. The van der Waals surface area contributed by atoms with Gasteiger partial charge >= 0.3 is 0 Å². The van der Waals surface area contributed by atoms with Crippen LogP contribution in [-0.2, 0) is 6.54 Å². The predicted molar refractivity (Wildman–Crippen MR) is 60.2 cm³/mol. The minimum atomic E-state index is 0.639. The largest absolute Gasteiger partial charge is 0.464 e. The van der Waals surface area contributed by atoms with Gasteiger partial charge in [-0.2, -0.15) is 5.10 Å². The zero-order chi connectivity index (χ0) is 10.1. The topological polar surface area (TPSA) is 31.0 Å². The van der Waals surface area contributed by atoms with Crippen LogP contribution in [0.5, 0.6) is 0 Å². The number of furan rings is 1. The van der Waals surface area contributed by atoms with Crippen LogP contribution in [-0.4, -0.2) is 9.78 Å². The number of nitrogens with zero attached hydrogens (tertiary/aromatic N) is 2. The molecular weight excluding hydrogens is 312 g/mol. The molecule has 0 aliphatic heterocycles. The second-order valence-electron chi connectivity index (χ2n) is 2.96.